The standard InChI is InChI=1S/C9H16O6/c1-13-15-9(11)7-5-3-2-4-6-8(10)14-12/h12H,2-7H2,1H3. The Morgan fingerprint density at radius 1 is 1.00 bits per heavy atom. The maximum absolute atomic E-state index is 10.8. The van der Waals surface area contributed by atoms with E-state index in [0.717, 1.165) is 12.8 Å². The lowest BCUT2D eigenvalue weighted by Crippen LogP contribution is -2.03. The smallest absolute Gasteiger partial charge is 0.301 e. The van der Waals surface area contributed by atoms with Crippen LogP contribution in [0.1, 0.15) is 38.5 Å². The molecule has 0 aromatic rings. The van der Waals surface area contributed by atoms with Crippen molar-refractivity contribution >= 4 is 11.9 Å². The van der Waals surface area contributed by atoms with Crippen molar-refractivity contribution in [3.8, 4) is 0 Å². The first kappa shape index (κ1) is 13.9. The summed E-state index contributed by atoms with van der Waals surface area (Å²) in [5.41, 5.74) is 0. The second-order valence-corrected chi connectivity index (χ2v) is 3.00. The molecule has 0 unspecified atom stereocenters. The fraction of sp³-hybridized carbons (Fsp3) is 0.778. The van der Waals surface area contributed by atoms with Crippen molar-refractivity contribution in [3.05, 3.63) is 0 Å². The summed E-state index contributed by atoms with van der Waals surface area (Å²) in [6.45, 7) is 0. The first-order valence-corrected chi connectivity index (χ1v) is 4.78. The van der Waals surface area contributed by atoms with E-state index in [1.165, 1.54) is 7.11 Å². The van der Waals surface area contributed by atoms with Crippen molar-refractivity contribution in [2.24, 2.45) is 0 Å². The zero-order valence-corrected chi connectivity index (χ0v) is 8.73. The average Bonchev–Trinajstić information content (AvgIpc) is 2.23. The van der Waals surface area contributed by atoms with Gasteiger partial charge in [0.2, 0.25) is 0 Å². The number of carbonyl (C=O) groups is 2. The molecule has 0 bridgehead atoms. The number of unbranched alkanes of at least 4 members (excludes halogenated alkanes) is 3. The Bertz CT molecular complexity index is 191. The summed E-state index contributed by atoms with van der Waals surface area (Å²) in [5, 5.41) is 7.94. The maximum Gasteiger partial charge on any atom is 0.342 e. The van der Waals surface area contributed by atoms with E-state index in [9.17, 15) is 9.59 Å². The number of hydrogen-bond donors (Lipinski definition) is 1. The quantitative estimate of drug-likeness (QED) is 0.378. The van der Waals surface area contributed by atoms with Gasteiger partial charge in [0.25, 0.3) is 0 Å². The minimum atomic E-state index is -0.631. The van der Waals surface area contributed by atoms with Crippen LogP contribution < -0.4 is 0 Å². The fourth-order valence-corrected chi connectivity index (χ4v) is 1.07. The molecule has 0 rings (SSSR count). The second kappa shape index (κ2) is 9.42. The maximum atomic E-state index is 10.8. The molecular weight excluding hydrogens is 204 g/mol. The first-order chi connectivity index (χ1) is 7.20. The number of hydrogen-bond acceptors (Lipinski definition) is 6. The van der Waals surface area contributed by atoms with Gasteiger partial charge < -0.3 is 4.89 Å². The molecule has 0 fully saturated rings. The molecule has 0 aliphatic rings. The minimum Gasteiger partial charge on any atom is -0.301 e. The SMILES string of the molecule is COOC(=O)CCCCCCC(=O)OO. The van der Waals surface area contributed by atoms with E-state index in [4.69, 9.17) is 5.26 Å². The van der Waals surface area contributed by atoms with Gasteiger partial charge in [-0.05, 0) is 12.8 Å². The topological polar surface area (TPSA) is 82.1 Å². The predicted octanol–water partition coefficient (Wildman–Crippen LogP) is 1.45. The van der Waals surface area contributed by atoms with Crippen LogP contribution in [0.5, 0.6) is 0 Å². The van der Waals surface area contributed by atoms with Crippen LogP contribution in [-0.4, -0.2) is 24.3 Å². The lowest BCUT2D eigenvalue weighted by molar-refractivity contribution is -0.255. The lowest BCUT2D eigenvalue weighted by atomic mass is 10.1. The van der Waals surface area contributed by atoms with E-state index in [1.54, 1.807) is 0 Å². The van der Waals surface area contributed by atoms with Crippen LogP contribution in [0.3, 0.4) is 0 Å². The van der Waals surface area contributed by atoms with E-state index in [2.05, 4.69) is 14.7 Å². The third-order valence-electron chi connectivity index (χ3n) is 1.79. The van der Waals surface area contributed by atoms with Crippen LogP contribution in [0, 0.1) is 0 Å². The molecule has 1 N–H and O–H groups in total. The van der Waals surface area contributed by atoms with E-state index < -0.39 is 11.9 Å². The van der Waals surface area contributed by atoms with Crippen LogP contribution in [0.15, 0.2) is 0 Å². The highest BCUT2D eigenvalue weighted by Gasteiger charge is 2.04. The van der Waals surface area contributed by atoms with E-state index in [-0.39, 0.29) is 6.42 Å². The van der Waals surface area contributed by atoms with Gasteiger partial charge in [-0.1, -0.05) is 12.8 Å². The Morgan fingerprint density at radius 2 is 1.53 bits per heavy atom. The molecule has 0 amide bonds. The van der Waals surface area contributed by atoms with Crippen LogP contribution in [0.2, 0.25) is 0 Å². The highest BCUT2D eigenvalue weighted by atomic mass is 17.2. The molecule has 0 atom stereocenters. The predicted molar refractivity (Wildman–Crippen MR) is 49.5 cm³/mol. The zero-order chi connectivity index (χ0) is 11.5. The summed E-state index contributed by atoms with van der Waals surface area (Å²) in [5.74, 6) is -1.03. The average molecular weight is 220 g/mol. The summed E-state index contributed by atoms with van der Waals surface area (Å²) in [6, 6.07) is 0. The Morgan fingerprint density at radius 3 is 2.00 bits per heavy atom. The zero-order valence-electron chi connectivity index (χ0n) is 8.73. The first-order valence-electron chi connectivity index (χ1n) is 4.78. The third-order valence-corrected chi connectivity index (χ3v) is 1.79. The molecule has 0 heterocycles. The molecule has 6 heteroatoms. The highest BCUT2D eigenvalue weighted by Crippen LogP contribution is 2.06. The number of rotatable bonds is 8. The van der Waals surface area contributed by atoms with Crippen molar-refractivity contribution < 1.29 is 29.5 Å². The molecule has 0 aromatic heterocycles. The molecule has 0 radical (unpaired) electrons. The summed E-state index contributed by atoms with van der Waals surface area (Å²) < 4.78 is 0. The largest absolute Gasteiger partial charge is 0.342 e. The van der Waals surface area contributed by atoms with Gasteiger partial charge in [0.05, 0.1) is 7.11 Å². The van der Waals surface area contributed by atoms with Gasteiger partial charge in [-0.25, -0.2) is 9.59 Å². The molecule has 0 saturated heterocycles. The van der Waals surface area contributed by atoms with E-state index >= 15 is 0 Å². The van der Waals surface area contributed by atoms with Gasteiger partial charge in [-0.3, -0.25) is 4.89 Å². The Hall–Kier alpha value is -1.14. The Labute approximate surface area is 88.0 Å². The van der Waals surface area contributed by atoms with Gasteiger partial charge in [-0.2, -0.15) is 10.1 Å². The van der Waals surface area contributed by atoms with Crippen molar-refractivity contribution in [1.82, 2.24) is 0 Å². The molecule has 88 valence electrons. The van der Waals surface area contributed by atoms with Crippen LogP contribution >= 0.6 is 0 Å². The van der Waals surface area contributed by atoms with Crippen molar-refractivity contribution in [1.29, 1.82) is 0 Å². The summed E-state index contributed by atoms with van der Waals surface area (Å²) >= 11 is 0. The molecule has 0 saturated carbocycles. The van der Waals surface area contributed by atoms with Gasteiger partial charge in [0, 0.05) is 12.8 Å². The van der Waals surface area contributed by atoms with Gasteiger partial charge in [0.15, 0.2) is 0 Å². The Kier molecular flexibility index (Phi) is 8.70. The monoisotopic (exact) mass is 220 g/mol. The summed E-state index contributed by atoms with van der Waals surface area (Å²) in [4.78, 5) is 33.2. The van der Waals surface area contributed by atoms with Gasteiger partial charge in [0.1, 0.15) is 0 Å². The van der Waals surface area contributed by atoms with Crippen LogP contribution in [0.4, 0.5) is 0 Å². The fourth-order valence-electron chi connectivity index (χ4n) is 1.07. The minimum absolute atomic E-state index is 0.193. The second-order valence-electron chi connectivity index (χ2n) is 3.00. The molecular formula is C9H16O6. The molecule has 15 heavy (non-hydrogen) atoms. The van der Waals surface area contributed by atoms with Gasteiger partial charge in [-0.15, -0.1) is 0 Å². The molecule has 0 aromatic carbocycles. The van der Waals surface area contributed by atoms with Crippen LogP contribution in [-0.2, 0) is 24.3 Å². The Balaban J connectivity index is 3.18. The lowest BCUT2D eigenvalue weighted by Gasteiger charge is -2.00. The summed E-state index contributed by atoms with van der Waals surface area (Å²) in [6.07, 6.45) is 3.44. The van der Waals surface area contributed by atoms with E-state index in [1.807, 2.05) is 0 Å². The van der Waals surface area contributed by atoms with Crippen molar-refractivity contribution in [3.63, 3.8) is 0 Å². The number of carbonyl (C=O) groups excluding carboxylic acids is 2. The molecule has 6 nitrogen and oxygen atoms in total. The van der Waals surface area contributed by atoms with Crippen LogP contribution in [0.25, 0.3) is 0 Å². The molecule has 0 spiro atoms. The normalized spacial score (nSPS) is 9.73. The molecule has 0 aliphatic heterocycles. The van der Waals surface area contributed by atoms with Crippen molar-refractivity contribution in [2.75, 3.05) is 7.11 Å². The third kappa shape index (κ3) is 9.17. The summed E-state index contributed by atoms with van der Waals surface area (Å²) in [7, 11) is 1.28. The highest BCUT2D eigenvalue weighted by molar-refractivity contribution is 5.68. The van der Waals surface area contributed by atoms with Crippen molar-refractivity contribution in [2.45, 2.75) is 38.5 Å². The molecule has 0 aliphatic carbocycles. The van der Waals surface area contributed by atoms with E-state index in [0.29, 0.717) is 19.3 Å². The van der Waals surface area contributed by atoms with Gasteiger partial charge >= 0.3 is 11.9 Å².